The van der Waals surface area contributed by atoms with Crippen LogP contribution >= 0.6 is 0 Å². The van der Waals surface area contributed by atoms with Crippen molar-refractivity contribution in [2.24, 2.45) is 0 Å². The number of ether oxygens (including phenoxy) is 1. The molecule has 2 heterocycles. The summed E-state index contributed by atoms with van der Waals surface area (Å²) >= 11 is 0. The highest BCUT2D eigenvalue weighted by atomic mass is 16.5. The van der Waals surface area contributed by atoms with Crippen LogP contribution in [0.25, 0.3) is 11.6 Å². The molecule has 0 amide bonds. The van der Waals surface area contributed by atoms with E-state index in [1.807, 2.05) is 26.0 Å². The fraction of sp³-hybridized carbons (Fsp3) is 0.538. The van der Waals surface area contributed by atoms with Gasteiger partial charge in [0.1, 0.15) is 11.6 Å². The first kappa shape index (κ1) is 11.5. The Morgan fingerprint density at radius 1 is 1.33 bits per heavy atom. The van der Waals surface area contributed by atoms with Crippen molar-refractivity contribution in [2.45, 2.75) is 32.2 Å². The topological polar surface area (TPSA) is 53.1 Å². The number of furan rings is 1. The van der Waals surface area contributed by atoms with Crippen LogP contribution in [0.2, 0.25) is 0 Å². The summed E-state index contributed by atoms with van der Waals surface area (Å²) < 4.78 is 13.2. The maximum Gasteiger partial charge on any atom is 0.200 e. The molecule has 0 N–H and O–H groups in total. The first-order valence-electron chi connectivity index (χ1n) is 6.14. The summed E-state index contributed by atoms with van der Waals surface area (Å²) in [5.74, 6) is 3.37. The predicted molar refractivity (Wildman–Crippen MR) is 66.3 cm³/mol. The van der Waals surface area contributed by atoms with Crippen molar-refractivity contribution in [1.82, 2.24) is 14.8 Å². The minimum atomic E-state index is 0.0262. The number of methoxy groups -OCH3 is 1. The van der Waals surface area contributed by atoms with Crippen LogP contribution in [-0.4, -0.2) is 28.5 Å². The zero-order valence-corrected chi connectivity index (χ0v) is 10.9. The van der Waals surface area contributed by atoms with Crippen molar-refractivity contribution in [1.29, 1.82) is 0 Å². The molecule has 96 valence electrons. The van der Waals surface area contributed by atoms with Gasteiger partial charge < -0.3 is 13.7 Å². The van der Waals surface area contributed by atoms with Gasteiger partial charge in [0.25, 0.3) is 0 Å². The summed E-state index contributed by atoms with van der Waals surface area (Å²) in [6.07, 6.45) is 2.21. The van der Waals surface area contributed by atoms with Gasteiger partial charge in [0.2, 0.25) is 0 Å². The van der Waals surface area contributed by atoms with E-state index >= 15 is 0 Å². The molecule has 0 saturated heterocycles. The van der Waals surface area contributed by atoms with Gasteiger partial charge in [0.15, 0.2) is 11.6 Å². The monoisotopic (exact) mass is 247 g/mol. The van der Waals surface area contributed by atoms with Crippen LogP contribution in [0.3, 0.4) is 0 Å². The highest BCUT2D eigenvalue weighted by Crippen LogP contribution is 2.46. The van der Waals surface area contributed by atoms with Gasteiger partial charge in [0.05, 0.1) is 12.1 Å². The Morgan fingerprint density at radius 2 is 2.11 bits per heavy atom. The average molecular weight is 247 g/mol. The summed E-state index contributed by atoms with van der Waals surface area (Å²) in [7, 11) is 1.73. The van der Waals surface area contributed by atoms with Crippen LogP contribution in [0.15, 0.2) is 16.5 Å². The normalized spacial score (nSPS) is 17.1. The van der Waals surface area contributed by atoms with Crippen molar-refractivity contribution in [3.63, 3.8) is 0 Å². The Bertz CT molecular complexity index is 567. The highest BCUT2D eigenvalue weighted by Gasteiger charge is 2.47. The van der Waals surface area contributed by atoms with E-state index in [0.717, 1.165) is 36.0 Å². The molecule has 2 aromatic heterocycles. The van der Waals surface area contributed by atoms with E-state index in [9.17, 15) is 0 Å². The average Bonchev–Trinajstić information content (AvgIpc) is 2.80. The van der Waals surface area contributed by atoms with Gasteiger partial charge in [-0.2, -0.15) is 0 Å². The molecule has 0 atom stereocenters. The van der Waals surface area contributed by atoms with E-state index in [-0.39, 0.29) is 5.54 Å². The molecule has 3 rings (SSSR count). The molecule has 2 aromatic rings. The lowest BCUT2D eigenvalue weighted by Crippen LogP contribution is -2.24. The molecule has 0 bridgehead atoms. The van der Waals surface area contributed by atoms with Crippen LogP contribution < -0.4 is 0 Å². The lowest BCUT2D eigenvalue weighted by Gasteiger charge is -2.18. The second kappa shape index (κ2) is 3.95. The molecule has 0 spiro atoms. The second-order valence-electron chi connectivity index (χ2n) is 4.97. The third-order valence-electron chi connectivity index (χ3n) is 3.50. The maximum atomic E-state index is 5.66. The zero-order chi connectivity index (χ0) is 12.8. The minimum absolute atomic E-state index is 0.0262. The summed E-state index contributed by atoms with van der Waals surface area (Å²) in [5.41, 5.74) is 0.0262. The lowest BCUT2D eigenvalue weighted by molar-refractivity contribution is 0.143. The summed E-state index contributed by atoms with van der Waals surface area (Å²) in [4.78, 5) is 0. The lowest BCUT2D eigenvalue weighted by atomic mass is 10.2. The van der Waals surface area contributed by atoms with E-state index in [1.54, 1.807) is 7.11 Å². The Balaban J connectivity index is 2.07. The minimum Gasteiger partial charge on any atom is -0.458 e. The van der Waals surface area contributed by atoms with Crippen molar-refractivity contribution < 1.29 is 9.15 Å². The van der Waals surface area contributed by atoms with Gasteiger partial charge in [-0.3, -0.25) is 0 Å². The Hall–Kier alpha value is -1.62. The van der Waals surface area contributed by atoms with Crippen LogP contribution in [0.5, 0.6) is 0 Å². The van der Waals surface area contributed by atoms with Crippen LogP contribution in [-0.2, 0) is 10.3 Å². The van der Waals surface area contributed by atoms with E-state index < -0.39 is 0 Å². The molecule has 1 fully saturated rings. The van der Waals surface area contributed by atoms with Crippen molar-refractivity contribution in [2.75, 3.05) is 13.7 Å². The van der Waals surface area contributed by atoms with Gasteiger partial charge in [-0.25, -0.2) is 0 Å². The standard InChI is InChI=1S/C13H17N3O2/c1-9-4-5-11(18-9)12-15-14-10(2)16(12)13(6-7-13)8-17-3/h4-5H,6-8H2,1-3H3. The first-order valence-corrected chi connectivity index (χ1v) is 6.14. The Labute approximate surface area is 106 Å². The molecule has 1 aliphatic carbocycles. The molecule has 0 aliphatic heterocycles. The highest BCUT2D eigenvalue weighted by molar-refractivity contribution is 5.49. The SMILES string of the molecule is COCC1(n2c(C)nnc2-c2ccc(C)o2)CC1. The largest absolute Gasteiger partial charge is 0.458 e. The number of aromatic nitrogens is 3. The molecule has 18 heavy (non-hydrogen) atoms. The fourth-order valence-electron chi connectivity index (χ4n) is 2.49. The number of aryl methyl sites for hydroxylation is 2. The molecule has 5 heteroatoms. The maximum absolute atomic E-state index is 5.66. The Morgan fingerprint density at radius 3 is 2.67 bits per heavy atom. The van der Waals surface area contributed by atoms with Gasteiger partial charge >= 0.3 is 0 Å². The third-order valence-corrected chi connectivity index (χ3v) is 3.50. The molecule has 1 aliphatic rings. The second-order valence-corrected chi connectivity index (χ2v) is 4.97. The zero-order valence-electron chi connectivity index (χ0n) is 10.9. The molecule has 1 saturated carbocycles. The van der Waals surface area contributed by atoms with E-state index in [4.69, 9.17) is 9.15 Å². The van der Waals surface area contributed by atoms with Crippen molar-refractivity contribution in [3.8, 4) is 11.6 Å². The van der Waals surface area contributed by atoms with E-state index in [0.29, 0.717) is 6.61 Å². The summed E-state index contributed by atoms with van der Waals surface area (Å²) in [6, 6.07) is 3.89. The van der Waals surface area contributed by atoms with Crippen LogP contribution in [0.4, 0.5) is 0 Å². The molecular formula is C13H17N3O2. The number of hydrogen-bond donors (Lipinski definition) is 0. The molecule has 0 aromatic carbocycles. The quantitative estimate of drug-likeness (QED) is 0.831. The first-order chi connectivity index (χ1) is 8.66. The molecule has 5 nitrogen and oxygen atoms in total. The fourth-order valence-corrected chi connectivity index (χ4v) is 2.49. The number of hydrogen-bond acceptors (Lipinski definition) is 4. The van der Waals surface area contributed by atoms with Gasteiger partial charge in [-0.1, -0.05) is 0 Å². The van der Waals surface area contributed by atoms with Gasteiger partial charge in [0, 0.05) is 7.11 Å². The smallest absolute Gasteiger partial charge is 0.200 e. The van der Waals surface area contributed by atoms with Crippen LogP contribution in [0, 0.1) is 13.8 Å². The van der Waals surface area contributed by atoms with Crippen molar-refractivity contribution in [3.05, 3.63) is 23.7 Å². The molecule has 0 radical (unpaired) electrons. The predicted octanol–water partition coefficient (Wildman–Crippen LogP) is 2.29. The molecule has 0 unspecified atom stereocenters. The third kappa shape index (κ3) is 1.66. The van der Waals surface area contributed by atoms with Crippen molar-refractivity contribution >= 4 is 0 Å². The summed E-state index contributed by atoms with van der Waals surface area (Å²) in [6.45, 7) is 4.60. The summed E-state index contributed by atoms with van der Waals surface area (Å²) in [5, 5.41) is 8.44. The number of rotatable bonds is 4. The van der Waals surface area contributed by atoms with Gasteiger partial charge in [-0.15, -0.1) is 10.2 Å². The van der Waals surface area contributed by atoms with E-state index in [1.165, 1.54) is 0 Å². The van der Waals surface area contributed by atoms with E-state index in [2.05, 4.69) is 14.8 Å². The van der Waals surface area contributed by atoms with Crippen LogP contribution in [0.1, 0.15) is 24.4 Å². The molecular weight excluding hydrogens is 230 g/mol. The Kier molecular flexibility index (Phi) is 2.52. The number of nitrogens with zero attached hydrogens (tertiary/aromatic N) is 3. The van der Waals surface area contributed by atoms with Gasteiger partial charge in [-0.05, 0) is 38.8 Å².